The Hall–Kier alpha value is -3.93. The quantitative estimate of drug-likeness (QED) is 0.372. The first-order chi connectivity index (χ1) is 14.8. The Kier molecular flexibility index (Phi) is 5.07. The number of nitrogen functional groups attached to an aromatic ring is 1. The number of carbonyl (C=O) groups excluding carboxylic acids is 3. The first kappa shape index (κ1) is 20.3. The van der Waals surface area contributed by atoms with Crippen molar-refractivity contribution < 1.29 is 19.1 Å². The van der Waals surface area contributed by atoms with Crippen molar-refractivity contribution in [2.24, 2.45) is 0 Å². The van der Waals surface area contributed by atoms with Gasteiger partial charge in [-0.05, 0) is 44.5 Å². The maximum atomic E-state index is 13.4. The van der Waals surface area contributed by atoms with Gasteiger partial charge in [-0.1, -0.05) is 36.4 Å². The molecule has 0 aromatic heterocycles. The second kappa shape index (κ2) is 7.72. The van der Waals surface area contributed by atoms with E-state index in [9.17, 15) is 14.4 Å². The van der Waals surface area contributed by atoms with Crippen molar-refractivity contribution in [3.63, 3.8) is 0 Å². The largest absolute Gasteiger partial charge is 0.459 e. The number of anilines is 3. The van der Waals surface area contributed by atoms with Gasteiger partial charge in [0.25, 0.3) is 0 Å². The van der Waals surface area contributed by atoms with Gasteiger partial charge < -0.3 is 15.8 Å². The summed E-state index contributed by atoms with van der Waals surface area (Å²) in [5, 5.41) is 3.19. The lowest BCUT2D eigenvalue weighted by Crippen LogP contribution is -2.25. The van der Waals surface area contributed by atoms with Gasteiger partial charge in [-0.25, -0.2) is 4.79 Å². The lowest BCUT2D eigenvalue weighted by Gasteiger charge is -2.24. The summed E-state index contributed by atoms with van der Waals surface area (Å²) in [4.78, 5) is 39.4. The smallest absolute Gasteiger partial charge is 0.340 e. The Bertz CT molecular complexity index is 1240. The minimum atomic E-state index is -0.651. The zero-order valence-electron chi connectivity index (χ0n) is 17.5. The van der Waals surface area contributed by atoms with Crippen molar-refractivity contribution in [3.05, 3.63) is 88.0 Å². The molecule has 6 nitrogen and oxygen atoms in total. The predicted molar refractivity (Wildman–Crippen MR) is 119 cm³/mol. The predicted octanol–water partition coefficient (Wildman–Crippen LogP) is 4.66. The minimum Gasteiger partial charge on any atom is -0.459 e. The van der Waals surface area contributed by atoms with E-state index in [2.05, 4.69) is 5.32 Å². The molecule has 3 N–H and O–H groups in total. The fourth-order valence-electron chi connectivity index (χ4n) is 3.74. The van der Waals surface area contributed by atoms with Crippen LogP contribution in [0.3, 0.4) is 0 Å². The van der Waals surface area contributed by atoms with Crippen molar-refractivity contribution in [1.29, 1.82) is 0 Å². The molecule has 1 aliphatic carbocycles. The topological polar surface area (TPSA) is 98.5 Å². The Morgan fingerprint density at radius 1 is 0.935 bits per heavy atom. The number of hydrogen-bond acceptors (Lipinski definition) is 6. The zero-order valence-corrected chi connectivity index (χ0v) is 17.5. The number of esters is 1. The molecule has 0 radical (unpaired) electrons. The Labute approximate surface area is 180 Å². The summed E-state index contributed by atoms with van der Waals surface area (Å²) in [5.41, 5.74) is 9.09. The van der Waals surface area contributed by atoms with E-state index in [-0.39, 0.29) is 39.8 Å². The van der Waals surface area contributed by atoms with Crippen molar-refractivity contribution >= 4 is 34.6 Å². The molecule has 0 atom stereocenters. The minimum absolute atomic E-state index is 0.0251. The molecule has 4 rings (SSSR count). The van der Waals surface area contributed by atoms with Gasteiger partial charge >= 0.3 is 5.97 Å². The molecule has 0 saturated carbocycles. The number of hydrogen-bond donors (Lipinski definition) is 2. The monoisotopic (exact) mass is 414 g/mol. The third-order valence-corrected chi connectivity index (χ3v) is 5.10. The number of fused-ring (bicyclic) bond motifs is 2. The SMILES string of the molecule is Cc1cccc(Nc2cc(C(=O)OC(C)C)c(N)c3c2C(=O)c2ccccc2C3=O)c1. The standard InChI is InChI=1S/C25H22N2O4/c1-13(2)31-25(30)18-12-19(27-15-8-6-7-14(3)11-15)20-21(22(18)26)24(29)17-10-5-4-9-16(17)23(20)28/h4-13,27H,26H2,1-3H3. The first-order valence-electron chi connectivity index (χ1n) is 9.97. The normalized spacial score (nSPS) is 12.4. The Morgan fingerprint density at radius 2 is 1.58 bits per heavy atom. The summed E-state index contributed by atoms with van der Waals surface area (Å²) in [6.45, 7) is 5.40. The van der Waals surface area contributed by atoms with Gasteiger partial charge in [-0.3, -0.25) is 9.59 Å². The van der Waals surface area contributed by atoms with Crippen LogP contribution in [-0.4, -0.2) is 23.6 Å². The Balaban J connectivity index is 1.96. The van der Waals surface area contributed by atoms with Crippen LogP contribution < -0.4 is 11.1 Å². The summed E-state index contributed by atoms with van der Waals surface area (Å²) < 4.78 is 5.32. The fraction of sp³-hybridized carbons (Fsp3) is 0.160. The number of nitrogens with two attached hydrogens (primary N) is 1. The van der Waals surface area contributed by atoms with Crippen LogP contribution in [0.1, 0.15) is 61.6 Å². The van der Waals surface area contributed by atoms with Gasteiger partial charge in [0.15, 0.2) is 11.6 Å². The molecule has 6 heteroatoms. The van der Waals surface area contributed by atoms with E-state index in [1.165, 1.54) is 6.07 Å². The summed E-state index contributed by atoms with van der Waals surface area (Å²) in [6, 6.07) is 15.6. The number of nitrogens with one attached hydrogen (secondary N) is 1. The maximum Gasteiger partial charge on any atom is 0.340 e. The summed E-state index contributed by atoms with van der Waals surface area (Å²) in [5.74, 6) is -1.37. The maximum absolute atomic E-state index is 13.4. The molecule has 3 aromatic carbocycles. The highest BCUT2D eigenvalue weighted by molar-refractivity contribution is 6.32. The van der Waals surface area contributed by atoms with Crippen LogP contribution in [0.15, 0.2) is 54.6 Å². The molecule has 0 amide bonds. The van der Waals surface area contributed by atoms with Crippen molar-refractivity contribution in [3.8, 4) is 0 Å². The molecule has 0 spiro atoms. The van der Waals surface area contributed by atoms with Crippen LogP contribution in [0.5, 0.6) is 0 Å². The van der Waals surface area contributed by atoms with Gasteiger partial charge in [-0.15, -0.1) is 0 Å². The molecule has 0 saturated heterocycles. The van der Waals surface area contributed by atoms with Crippen LogP contribution in [0.2, 0.25) is 0 Å². The second-order valence-corrected chi connectivity index (χ2v) is 7.79. The highest BCUT2D eigenvalue weighted by atomic mass is 16.5. The molecular weight excluding hydrogens is 392 g/mol. The van der Waals surface area contributed by atoms with Crippen LogP contribution >= 0.6 is 0 Å². The van der Waals surface area contributed by atoms with Gasteiger partial charge in [0.2, 0.25) is 0 Å². The number of aryl methyl sites for hydroxylation is 1. The van der Waals surface area contributed by atoms with E-state index in [1.54, 1.807) is 38.1 Å². The van der Waals surface area contributed by atoms with E-state index >= 15 is 0 Å². The average Bonchev–Trinajstić information content (AvgIpc) is 2.72. The van der Waals surface area contributed by atoms with Crippen molar-refractivity contribution in [2.75, 3.05) is 11.1 Å². The average molecular weight is 414 g/mol. The molecule has 0 unspecified atom stereocenters. The van der Waals surface area contributed by atoms with Gasteiger partial charge in [-0.2, -0.15) is 0 Å². The fourth-order valence-corrected chi connectivity index (χ4v) is 3.74. The molecule has 0 heterocycles. The Morgan fingerprint density at radius 3 is 2.19 bits per heavy atom. The molecular formula is C25H22N2O4. The second-order valence-electron chi connectivity index (χ2n) is 7.79. The number of carbonyl (C=O) groups is 3. The molecule has 0 aliphatic heterocycles. The number of ketones is 2. The highest BCUT2D eigenvalue weighted by Crippen LogP contribution is 2.39. The summed E-state index contributed by atoms with van der Waals surface area (Å²) in [6.07, 6.45) is -0.367. The lowest BCUT2D eigenvalue weighted by atomic mass is 9.81. The molecule has 0 bridgehead atoms. The van der Waals surface area contributed by atoms with E-state index in [1.807, 2.05) is 31.2 Å². The number of benzene rings is 3. The van der Waals surface area contributed by atoms with Crippen LogP contribution in [0.4, 0.5) is 17.1 Å². The van der Waals surface area contributed by atoms with Crippen LogP contribution in [0.25, 0.3) is 0 Å². The molecule has 1 aliphatic rings. The van der Waals surface area contributed by atoms with Crippen molar-refractivity contribution in [1.82, 2.24) is 0 Å². The third-order valence-electron chi connectivity index (χ3n) is 5.10. The molecule has 31 heavy (non-hydrogen) atoms. The van der Waals surface area contributed by atoms with Gasteiger partial charge in [0.05, 0.1) is 34.2 Å². The van der Waals surface area contributed by atoms with E-state index in [4.69, 9.17) is 10.5 Å². The number of rotatable bonds is 4. The summed E-state index contributed by atoms with van der Waals surface area (Å²) >= 11 is 0. The highest BCUT2D eigenvalue weighted by Gasteiger charge is 2.36. The van der Waals surface area contributed by atoms with Crippen LogP contribution in [-0.2, 0) is 4.74 Å². The zero-order chi connectivity index (χ0) is 22.3. The molecule has 0 fully saturated rings. The van der Waals surface area contributed by atoms with E-state index in [0.717, 1.165) is 5.56 Å². The summed E-state index contributed by atoms with van der Waals surface area (Å²) in [7, 11) is 0. The molecule has 156 valence electrons. The van der Waals surface area contributed by atoms with E-state index in [0.29, 0.717) is 16.9 Å². The van der Waals surface area contributed by atoms with Crippen LogP contribution in [0, 0.1) is 6.92 Å². The molecule has 3 aromatic rings. The van der Waals surface area contributed by atoms with Gasteiger partial charge in [0, 0.05) is 16.8 Å². The van der Waals surface area contributed by atoms with Gasteiger partial charge in [0.1, 0.15) is 0 Å². The third kappa shape index (κ3) is 3.57. The van der Waals surface area contributed by atoms with E-state index < -0.39 is 11.8 Å². The first-order valence-corrected chi connectivity index (χ1v) is 9.97. The lowest BCUT2D eigenvalue weighted by molar-refractivity contribution is 0.0379. The van der Waals surface area contributed by atoms with Crippen molar-refractivity contribution in [2.45, 2.75) is 26.9 Å². The number of ether oxygens (including phenoxy) is 1.